The van der Waals surface area contributed by atoms with E-state index >= 15 is 0 Å². The molecule has 1 aromatic carbocycles. The summed E-state index contributed by atoms with van der Waals surface area (Å²) >= 11 is 0. The van der Waals surface area contributed by atoms with Crippen LogP contribution in [0.3, 0.4) is 0 Å². The van der Waals surface area contributed by atoms with Gasteiger partial charge in [0.2, 0.25) is 5.91 Å². The van der Waals surface area contributed by atoms with E-state index in [1.54, 1.807) is 4.57 Å². The second kappa shape index (κ2) is 11.3. The van der Waals surface area contributed by atoms with Crippen LogP contribution in [0.4, 0.5) is 5.69 Å². The Balaban J connectivity index is 1.94. The summed E-state index contributed by atoms with van der Waals surface area (Å²) in [6, 6.07) is 6.11. The molecule has 0 radical (unpaired) electrons. The van der Waals surface area contributed by atoms with Gasteiger partial charge in [0.1, 0.15) is 5.82 Å². The molecule has 0 spiro atoms. The number of aromatic amines is 1. The Kier molecular flexibility index (Phi) is 8.47. The lowest BCUT2D eigenvalue weighted by molar-refractivity contribution is -0.116. The molecule has 0 unspecified atom stereocenters. The van der Waals surface area contributed by atoms with Crippen molar-refractivity contribution in [1.29, 1.82) is 0 Å². The molecule has 0 bridgehead atoms. The van der Waals surface area contributed by atoms with Crippen molar-refractivity contribution < 1.29 is 4.79 Å². The molecule has 8 nitrogen and oxygen atoms in total. The van der Waals surface area contributed by atoms with Gasteiger partial charge in [-0.2, -0.15) is 0 Å². The molecule has 0 aliphatic heterocycles. The average molecular weight is 468 g/mol. The number of fused-ring (bicyclic) bond motifs is 1. The van der Waals surface area contributed by atoms with Crippen LogP contribution in [0.2, 0.25) is 0 Å². The number of rotatable bonds is 11. The molecule has 2 heterocycles. The number of aryl methyl sites for hydroxylation is 4. The topological polar surface area (TPSA) is 102 Å². The highest BCUT2D eigenvalue weighted by Crippen LogP contribution is 2.23. The van der Waals surface area contributed by atoms with Crippen LogP contribution in [0, 0.1) is 5.92 Å². The average Bonchev–Trinajstić information content (AvgIpc) is 3.15. The fraction of sp³-hybridized carbons (Fsp3) is 0.538. The minimum atomic E-state index is -0.437. The highest BCUT2D eigenvalue weighted by Gasteiger charge is 2.20. The maximum absolute atomic E-state index is 12.9. The van der Waals surface area contributed by atoms with Crippen LogP contribution < -0.4 is 16.6 Å². The maximum Gasteiger partial charge on any atom is 0.330 e. The Labute approximate surface area is 200 Å². The Morgan fingerprint density at radius 3 is 2.35 bits per heavy atom. The van der Waals surface area contributed by atoms with Gasteiger partial charge in [-0.3, -0.25) is 19.1 Å². The summed E-state index contributed by atoms with van der Waals surface area (Å²) in [5, 5.41) is 3.11. The molecule has 8 heteroatoms. The molecule has 2 aromatic heterocycles. The summed E-state index contributed by atoms with van der Waals surface area (Å²) in [6.45, 7) is 11.4. The predicted molar refractivity (Wildman–Crippen MR) is 137 cm³/mol. The van der Waals surface area contributed by atoms with Crippen LogP contribution in [-0.4, -0.2) is 25.0 Å². The Bertz CT molecular complexity index is 1240. The number of benzene rings is 1. The number of para-hydroxylation sites is 1. The summed E-state index contributed by atoms with van der Waals surface area (Å²) < 4.78 is 3.43. The van der Waals surface area contributed by atoms with Crippen molar-refractivity contribution in [3.63, 3.8) is 0 Å². The van der Waals surface area contributed by atoms with Crippen LogP contribution in [0.25, 0.3) is 11.2 Å². The summed E-state index contributed by atoms with van der Waals surface area (Å²) in [4.78, 5) is 45.3. The summed E-state index contributed by atoms with van der Waals surface area (Å²) in [5.41, 5.74) is 3.08. The fourth-order valence-corrected chi connectivity index (χ4v) is 4.32. The molecule has 2 N–H and O–H groups in total. The molecule has 1 amide bonds. The van der Waals surface area contributed by atoms with Crippen LogP contribution in [0.5, 0.6) is 0 Å². The molecule has 184 valence electrons. The number of nitrogens with zero attached hydrogens (tertiary/aromatic N) is 3. The van der Waals surface area contributed by atoms with E-state index in [2.05, 4.69) is 44.9 Å². The van der Waals surface area contributed by atoms with Gasteiger partial charge in [-0.1, -0.05) is 59.2 Å². The van der Waals surface area contributed by atoms with E-state index < -0.39 is 11.2 Å². The normalized spacial score (nSPS) is 11.5. The van der Waals surface area contributed by atoms with E-state index in [0.717, 1.165) is 42.5 Å². The highest BCUT2D eigenvalue weighted by molar-refractivity contribution is 5.92. The first-order valence-corrected chi connectivity index (χ1v) is 12.4. The molecule has 0 fully saturated rings. The highest BCUT2D eigenvalue weighted by atomic mass is 16.2. The van der Waals surface area contributed by atoms with Crippen molar-refractivity contribution in [2.45, 2.75) is 86.2 Å². The quantitative estimate of drug-likeness (QED) is 0.444. The first-order valence-electron chi connectivity index (χ1n) is 12.4. The third-order valence-electron chi connectivity index (χ3n) is 6.09. The minimum absolute atomic E-state index is 0.0870. The largest absolute Gasteiger partial charge is 0.330 e. The number of carbonyl (C=O) groups is 1. The van der Waals surface area contributed by atoms with Crippen molar-refractivity contribution in [1.82, 2.24) is 19.1 Å². The van der Waals surface area contributed by atoms with Gasteiger partial charge in [0, 0.05) is 31.6 Å². The van der Waals surface area contributed by atoms with Crippen LogP contribution in [0.1, 0.15) is 70.8 Å². The molecule has 3 rings (SSSR count). The number of nitrogens with one attached hydrogen (secondary N) is 2. The van der Waals surface area contributed by atoms with Gasteiger partial charge >= 0.3 is 5.69 Å². The minimum Gasteiger partial charge on any atom is -0.326 e. The number of carbonyl (C=O) groups excluding carboxylic acids is 1. The maximum atomic E-state index is 12.9. The SMILES string of the molecule is CCCCn1c(=O)[nH]c(=O)c2c1nc(CCC(=O)Nc1c(CC)cccc1CC)n2CC(C)C. The summed E-state index contributed by atoms with van der Waals surface area (Å²) in [7, 11) is 0. The number of anilines is 1. The predicted octanol–water partition coefficient (Wildman–Crippen LogP) is 4.04. The van der Waals surface area contributed by atoms with E-state index in [0.29, 0.717) is 36.5 Å². The monoisotopic (exact) mass is 467 g/mol. The zero-order chi connectivity index (χ0) is 24.8. The first-order chi connectivity index (χ1) is 16.3. The second-order valence-electron chi connectivity index (χ2n) is 9.18. The summed E-state index contributed by atoms with van der Waals surface area (Å²) in [6.07, 6.45) is 4.03. The van der Waals surface area contributed by atoms with Gasteiger partial charge in [-0.15, -0.1) is 0 Å². The van der Waals surface area contributed by atoms with E-state index in [-0.39, 0.29) is 18.2 Å². The van der Waals surface area contributed by atoms with Gasteiger partial charge in [-0.25, -0.2) is 9.78 Å². The number of aromatic nitrogens is 4. The third kappa shape index (κ3) is 5.48. The standard InChI is InChI=1S/C26H37N5O3/c1-6-9-15-30-24-23(25(33)29-26(30)34)31(16-17(4)5)20(27-24)13-14-21(32)28-22-18(7-2)11-10-12-19(22)8-3/h10-12,17H,6-9,13-16H2,1-5H3,(H,28,32)(H,29,33,34). The third-order valence-corrected chi connectivity index (χ3v) is 6.09. The lowest BCUT2D eigenvalue weighted by atomic mass is 10.0. The van der Waals surface area contributed by atoms with Crippen molar-refractivity contribution in [3.05, 3.63) is 56.0 Å². The molecule has 34 heavy (non-hydrogen) atoms. The van der Waals surface area contributed by atoms with Crippen LogP contribution in [0.15, 0.2) is 27.8 Å². The molecule has 0 aliphatic carbocycles. The number of unbranched alkanes of at least 4 members (excludes halogenated alkanes) is 1. The number of amides is 1. The van der Waals surface area contributed by atoms with Crippen molar-refractivity contribution in [3.8, 4) is 0 Å². The Hall–Kier alpha value is -3.16. The lowest BCUT2D eigenvalue weighted by Gasteiger charge is -2.15. The van der Waals surface area contributed by atoms with Gasteiger partial charge < -0.3 is 9.88 Å². The van der Waals surface area contributed by atoms with Crippen LogP contribution in [-0.2, 0) is 37.1 Å². The molecule has 3 aromatic rings. The fourth-order valence-electron chi connectivity index (χ4n) is 4.32. The Morgan fingerprint density at radius 2 is 1.76 bits per heavy atom. The van der Waals surface area contributed by atoms with Gasteiger partial charge in [0.15, 0.2) is 11.2 Å². The number of imidazole rings is 1. The van der Waals surface area contributed by atoms with Crippen LogP contribution >= 0.6 is 0 Å². The second-order valence-corrected chi connectivity index (χ2v) is 9.18. The van der Waals surface area contributed by atoms with E-state index in [4.69, 9.17) is 4.98 Å². The van der Waals surface area contributed by atoms with Crippen molar-refractivity contribution in [2.24, 2.45) is 5.92 Å². The smallest absolute Gasteiger partial charge is 0.326 e. The Morgan fingerprint density at radius 1 is 1.09 bits per heavy atom. The lowest BCUT2D eigenvalue weighted by Crippen LogP contribution is -2.31. The summed E-state index contributed by atoms with van der Waals surface area (Å²) in [5.74, 6) is 0.833. The molecule has 0 aliphatic rings. The number of hydrogen-bond donors (Lipinski definition) is 2. The van der Waals surface area contributed by atoms with Gasteiger partial charge in [0.25, 0.3) is 5.56 Å². The number of H-pyrrole nitrogens is 1. The first kappa shape index (κ1) is 25.5. The molecule has 0 saturated heterocycles. The zero-order valence-electron chi connectivity index (χ0n) is 21.0. The van der Waals surface area contributed by atoms with E-state index in [1.165, 1.54) is 0 Å². The van der Waals surface area contributed by atoms with Crippen molar-refractivity contribution >= 4 is 22.8 Å². The number of hydrogen-bond acceptors (Lipinski definition) is 4. The van der Waals surface area contributed by atoms with E-state index in [9.17, 15) is 14.4 Å². The molecule has 0 atom stereocenters. The van der Waals surface area contributed by atoms with Gasteiger partial charge in [-0.05, 0) is 36.3 Å². The van der Waals surface area contributed by atoms with Gasteiger partial charge in [0.05, 0.1) is 0 Å². The molecular formula is C26H37N5O3. The van der Waals surface area contributed by atoms with Crippen molar-refractivity contribution in [2.75, 3.05) is 5.32 Å². The zero-order valence-corrected chi connectivity index (χ0v) is 21.0. The molecule has 0 saturated carbocycles. The van der Waals surface area contributed by atoms with E-state index in [1.807, 2.05) is 22.8 Å². The molecular weight excluding hydrogens is 430 g/mol.